The van der Waals surface area contributed by atoms with E-state index in [4.69, 9.17) is 8.85 Å². The van der Waals surface area contributed by atoms with Crippen LogP contribution >= 0.6 is 0 Å². The number of hydrogen-bond acceptors (Lipinski definition) is 5. The van der Waals surface area contributed by atoms with Crippen LogP contribution in [0, 0.1) is 13.8 Å². The van der Waals surface area contributed by atoms with Crippen molar-refractivity contribution in [3.8, 4) is 11.5 Å². The summed E-state index contributed by atoms with van der Waals surface area (Å²) in [5.74, 6) is 1.67. The molecule has 0 aliphatic carbocycles. The summed E-state index contributed by atoms with van der Waals surface area (Å²) in [4.78, 5) is 13.1. The first kappa shape index (κ1) is 52.4. The van der Waals surface area contributed by atoms with E-state index in [1.54, 1.807) is 0 Å². The molecular formula is C58H84N4O4Si2. The van der Waals surface area contributed by atoms with Gasteiger partial charge in [0, 0.05) is 46.6 Å². The van der Waals surface area contributed by atoms with E-state index in [2.05, 4.69) is 205 Å². The molecule has 368 valence electrons. The fourth-order valence-corrected chi connectivity index (χ4v) is 22.5. The molecule has 0 aliphatic rings. The number of nitrogens with one attached hydrogen (secondary N) is 2. The predicted octanol–water partition coefficient (Wildman–Crippen LogP) is 16.6. The summed E-state index contributed by atoms with van der Waals surface area (Å²) in [6, 6.07) is 30.1. The van der Waals surface area contributed by atoms with Crippen LogP contribution in [0.4, 0.5) is 11.4 Å². The van der Waals surface area contributed by atoms with E-state index in [1.807, 2.05) is 24.3 Å². The fourth-order valence-electron chi connectivity index (χ4n) is 11.9. The second-order valence-electron chi connectivity index (χ2n) is 22.2. The van der Waals surface area contributed by atoms with Crippen molar-refractivity contribution in [3.63, 3.8) is 0 Å². The molecule has 0 bridgehead atoms. The molecular weight excluding hydrogens is 873 g/mol. The van der Waals surface area contributed by atoms with Crippen molar-refractivity contribution in [2.45, 2.75) is 189 Å². The molecule has 0 spiro atoms. The number of carboxylic acids is 1. The fraction of sp³-hybridized carbons (Fsp3) is 0.500. The molecule has 0 aliphatic heterocycles. The molecule has 0 amide bonds. The zero-order valence-corrected chi connectivity index (χ0v) is 46.8. The third-order valence-electron chi connectivity index (χ3n) is 15.2. The molecule has 2 aromatic heterocycles. The Morgan fingerprint density at radius 1 is 0.515 bits per heavy atom. The average molecular weight is 958 g/mol. The number of hydrogen-bond donors (Lipinski definition) is 3. The van der Waals surface area contributed by atoms with Crippen molar-refractivity contribution in [1.82, 2.24) is 9.13 Å². The van der Waals surface area contributed by atoms with Crippen LogP contribution in [0.1, 0.15) is 156 Å². The van der Waals surface area contributed by atoms with Gasteiger partial charge in [0.15, 0.2) is 6.17 Å². The summed E-state index contributed by atoms with van der Waals surface area (Å²) in [6.45, 7) is 42.7. The number of carboxylic acid groups (broad SMARTS) is 1. The van der Waals surface area contributed by atoms with Gasteiger partial charge in [-0.2, -0.15) is 0 Å². The van der Waals surface area contributed by atoms with Gasteiger partial charge in [0.05, 0.1) is 11.0 Å². The maximum Gasteiger partial charge on any atom is 0.347 e. The van der Waals surface area contributed by atoms with Crippen molar-refractivity contribution >= 4 is 55.8 Å². The Kier molecular flexibility index (Phi) is 16.2. The first-order valence-corrected chi connectivity index (χ1v) is 29.8. The molecule has 2 heterocycles. The number of rotatable bonds is 21. The number of carbonyl (C=O) groups is 1. The standard InChI is InChI=1S/C58H84N4O4Si2/c1-35(2)47-31-45(25-27-55(47)65-67(37(5)6,38(7)8)39(9)10)33-61-43(17)29-49-51(21-19-23-53(49)61)59-57(58(63)64)60-52-22-20-24-54-50(52)30-44(18)62(54)34-46-26-28-56(48(32-46)36(3)4)66-68(40(11)12,41(13)14)42(15)16/h19-32,35-42,57,59-60H,33-34H2,1-18H3,(H,63,64). The van der Waals surface area contributed by atoms with Crippen molar-refractivity contribution in [1.29, 1.82) is 0 Å². The highest BCUT2D eigenvalue weighted by Gasteiger charge is 2.48. The molecule has 8 nitrogen and oxygen atoms in total. The van der Waals surface area contributed by atoms with Crippen molar-refractivity contribution in [3.05, 3.63) is 119 Å². The third kappa shape index (κ3) is 10.2. The van der Waals surface area contributed by atoms with E-state index in [9.17, 15) is 9.90 Å². The summed E-state index contributed by atoms with van der Waals surface area (Å²) in [5.41, 5.74) is 13.7. The lowest BCUT2D eigenvalue weighted by molar-refractivity contribution is -0.137. The number of fused-ring (bicyclic) bond motifs is 2. The molecule has 4 aromatic carbocycles. The molecule has 0 radical (unpaired) electrons. The first-order chi connectivity index (χ1) is 31.9. The Bertz CT molecular complexity index is 2480. The van der Waals surface area contributed by atoms with Gasteiger partial charge in [-0.3, -0.25) is 0 Å². The lowest BCUT2D eigenvalue weighted by atomic mass is 9.99. The van der Waals surface area contributed by atoms with Gasteiger partial charge in [-0.05, 0) is 130 Å². The summed E-state index contributed by atoms with van der Waals surface area (Å²) in [5, 5.41) is 19.4. The molecule has 0 unspecified atom stereocenters. The minimum absolute atomic E-state index is 0.303. The van der Waals surface area contributed by atoms with Crippen LogP contribution in [0.2, 0.25) is 33.2 Å². The van der Waals surface area contributed by atoms with Crippen LogP contribution in [0.5, 0.6) is 11.5 Å². The van der Waals surface area contributed by atoms with Gasteiger partial charge in [0.1, 0.15) is 11.5 Å². The van der Waals surface area contributed by atoms with Crippen molar-refractivity contribution in [2.24, 2.45) is 0 Å². The number of anilines is 2. The quantitative estimate of drug-likeness (QED) is 0.0492. The van der Waals surface area contributed by atoms with Crippen LogP contribution in [-0.4, -0.2) is 43.0 Å². The van der Waals surface area contributed by atoms with Gasteiger partial charge < -0.3 is 33.7 Å². The highest BCUT2D eigenvalue weighted by molar-refractivity contribution is 6.78. The molecule has 6 aromatic rings. The highest BCUT2D eigenvalue weighted by atomic mass is 28.4. The molecule has 0 atom stereocenters. The van der Waals surface area contributed by atoms with Crippen molar-refractivity contribution in [2.75, 3.05) is 10.6 Å². The number of aliphatic carboxylic acids is 1. The van der Waals surface area contributed by atoms with E-state index in [-0.39, 0.29) is 0 Å². The Morgan fingerprint density at radius 3 is 1.15 bits per heavy atom. The zero-order valence-electron chi connectivity index (χ0n) is 44.8. The average Bonchev–Trinajstić information content (AvgIpc) is 3.75. The topological polar surface area (TPSA) is 89.7 Å². The minimum atomic E-state index is -2.14. The largest absolute Gasteiger partial charge is 0.542 e. The highest BCUT2D eigenvalue weighted by Crippen LogP contribution is 2.46. The minimum Gasteiger partial charge on any atom is -0.542 e. The lowest BCUT2D eigenvalue weighted by Crippen LogP contribution is -2.50. The Morgan fingerprint density at radius 2 is 0.853 bits per heavy atom. The molecule has 0 saturated carbocycles. The molecule has 68 heavy (non-hydrogen) atoms. The smallest absolute Gasteiger partial charge is 0.347 e. The number of benzene rings is 4. The summed E-state index contributed by atoms with van der Waals surface area (Å²) in [7, 11) is -4.28. The van der Waals surface area contributed by atoms with E-state index in [1.165, 1.54) is 22.3 Å². The third-order valence-corrected chi connectivity index (χ3v) is 27.2. The second-order valence-corrected chi connectivity index (χ2v) is 32.9. The van der Waals surface area contributed by atoms with Gasteiger partial charge in [-0.15, -0.1) is 0 Å². The van der Waals surface area contributed by atoms with Gasteiger partial charge >= 0.3 is 5.97 Å². The molecule has 0 fully saturated rings. The lowest BCUT2D eigenvalue weighted by Gasteiger charge is -2.43. The maximum atomic E-state index is 13.1. The van der Waals surface area contributed by atoms with Crippen LogP contribution in [0.25, 0.3) is 21.8 Å². The van der Waals surface area contributed by atoms with Crippen LogP contribution in [0.3, 0.4) is 0 Å². The number of aromatic nitrogens is 2. The molecule has 0 saturated heterocycles. The van der Waals surface area contributed by atoms with Gasteiger partial charge in [-0.25, -0.2) is 4.79 Å². The summed E-state index contributed by atoms with van der Waals surface area (Å²) < 4.78 is 19.1. The summed E-state index contributed by atoms with van der Waals surface area (Å²) >= 11 is 0. The molecule has 10 heteroatoms. The van der Waals surface area contributed by atoms with Gasteiger partial charge in [0.2, 0.25) is 0 Å². The monoisotopic (exact) mass is 957 g/mol. The maximum absolute atomic E-state index is 13.1. The molecule has 3 N–H and O–H groups in total. The number of nitrogens with zero attached hydrogens (tertiary/aromatic N) is 2. The first-order valence-electron chi connectivity index (χ1n) is 25.5. The van der Waals surface area contributed by atoms with Crippen LogP contribution < -0.4 is 19.5 Å². The van der Waals surface area contributed by atoms with E-state index >= 15 is 0 Å². The zero-order chi connectivity index (χ0) is 50.2. The van der Waals surface area contributed by atoms with Crippen LogP contribution in [-0.2, 0) is 17.9 Å². The molecule has 6 rings (SSSR count). The van der Waals surface area contributed by atoms with Gasteiger partial charge in [0.25, 0.3) is 16.6 Å². The summed E-state index contributed by atoms with van der Waals surface area (Å²) in [6.07, 6.45) is -1.09. The van der Waals surface area contributed by atoms with Crippen molar-refractivity contribution < 1.29 is 18.8 Å². The SMILES string of the molecule is Cc1cc2c(NC(Nc3cccc4c3cc(C)n4Cc3ccc(O[Si](C(C)C)(C(C)C)C(C)C)c(C(C)C)c3)C(=O)O)cccc2n1Cc1ccc(O[Si](C(C)C)(C(C)C)C(C)C)c(C(C)C)c1. The van der Waals surface area contributed by atoms with Crippen LogP contribution in [0.15, 0.2) is 84.9 Å². The second kappa shape index (κ2) is 21.0. The predicted molar refractivity (Wildman–Crippen MR) is 295 cm³/mol. The number of aryl methyl sites for hydroxylation is 2. The van der Waals surface area contributed by atoms with E-state index in [0.717, 1.165) is 56.1 Å². The Labute approximate surface area is 411 Å². The Hall–Kier alpha value is -4.94. The van der Waals surface area contributed by atoms with E-state index in [0.29, 0.717) is 58.2 Å². The Balaban J connectivity index is 1.26. The normalized spacial score (nSPS) is 12.8. The van der Waals surface area contributed by atoms with Gasteiger partial charge in [-0.1, -0.05) is 147 Å². The van der Waals surface area contributed by atoms with E-state index < -0.39 is 28.8 Å².